The maximum atomic E-state index is 10.5. The Morgan fingerprint density at radius 3 is 2.27 bits per heavy atom. The standard InChI is InChI=1S/C6H4Cl2O2S/c7-4-2-1-3-5(6(4)8)11(9)10/h1-3,11H. The maximum Gasteiger partial charge on any atom is 0.169 e. The van der Waals surface area contributed by atoms with E-state index < -0.39 is 10.7 Å². The molecule has 0 aliphatic heterocycles. The van der Waals surface area contributed by atoms with Crippen molar-refractivity contribution in [3.8, 4) is 0 Å². The zero-order valence-corrected chi connectivity index (χ0v) is 7.66. The summed E-state index contributed by atoms with van der Waals surface area (Å²) >= 11 is 11.1. The molecule has 11 heavy (non-hydrogen) atoms. The van der Waals surface area contributed by atoms with E-state index in [4.69, 9.17) is 23.2 Å². The summed E-state index contributed by atoms with van der Waals surface area (Å²) < 4.78 is 20.9. The van der Waals surface area contributed by atoms with E-state index in [0.717, 1.165) is 0 Å². The van der Waals surface area contributed by atoms with Crippen LogP contribution in [0.3, 0.4) is 0 Å². The Labute approximate surface area is 75.7 Å². The van der Waals surface area contributed by atoms with Gasteiger partial charge in [0.25, 0.3) is 0 Å². The Morgan fingerprint density at radius 2 is 1.82 bits per heavy atom. The summed E-state index contributed by atoms with van der Waals surface area (Å²) in [6, 6.07) is 4.47. The van der Waals surface area contributed by atoms with E-state index in [2.05, 4.69) is 0 Å². The zero-order valence-electron chi connectivity index (χ0n) is 5.25. The molecule has 0 bridgehead atoms. The smallest absolute Gasteiger partial charge is 0.169 e. The number of hydrogen-bond acceptors (Lipinski definition) is 2. The van der Waals surface area contributed by atoms with Crippen molar-refractivity contribution in [1.82, 2.24) is 0 Å². The van der Waals surface area contributed by atoms with Crippen molar-refractivity contribution < 1.29 is 8.42 Å². The molecule has 0 spiro atoms. The Bertz CT molecular complexity index is 338. The van der Waals surface area contributed by atoms with E-state index in [0.29, 0.717) is 0 Å². The highest BCUT2D eigenvalue weighted by Crippen LogP contribution is 2.25. The second kappa shape index (κ2) is 3.43. The molecule has 0 saturated carbocycles. The lowest BCUT2D eigenvalue weighted by molar-refractivity contribution is 0.614. The summed E-state index contributed by atoms with van der Waals surface area (Å²) in [5.41, 5.74) is 0. The van der Waals surface area contributed by atoms with Gasteiger partial charge in [0.1, 0.15) is 0 Å². The Hall–Kier alpha value is -0.250. The molecule has 1 aromatic carbocycles. The molecule has 0 N–H and O–H groups in total. The van der Waals surface area contributed by atoms with Gasteiger partial charge in [-0.1, -0.05) is 29.3 Å². The Morgan fingerprint density at radius 1 is 1.18 bits per heavy atom. The Kier molecular flexibility index (Phi) is 2.76. The number of thiol groups is 1. The fourth-order valence-electron chi connectivity index (χ4n) is 0.633. The first kappa shape index (κ1) is 8.84. The van der Waals surface area contributed by atoms with Crippen LogP contribution >= 0.6 is 23.2 Å². The molecule has 0 unspecified atom stereocenters. The molecule has 1 aromatic rings. The van der Waals surface area contributed by atoms with E-state index >= 15 is 0 Å². The van der Waals surface area contributed by atoms with Crippen LogP contribution in [-0.2, 0) is 10.7 Å². The number of halogens is 2. The van der Waals surface area contributed by atoms with E-state index in [9.17, 15) is 8.42 Å². The fraction of sp³-hybridized carbons (Fsp3) is 0. The van der Waals surface area contributed by atoms with E-state index in [1.807, 2.05) is 0 Å². The Balaban J connectivity index is 3.39. The van der Waals surface area contributed by atoms with Gasteiger partial charge in [0.2, 0.25) is 0 Å². The second-order valence-electron chi connectivity index (χ2n) is 1.83. The lowest BCUT2D eigenvalue weighted by atomic mass is 10.4. The van der Waals surface area contributed by atoms with Gasteiger partial charge in [-0.15, -0.1) is 0 Å². The molecule has 5 heteroatoms. The predicted octanol–water partition coefficient (Wildman–Crippen LogP) is 1.96. The molecule has 60 valence electrons. The molecule has 0 radical (unpaired) electrons. The van der Waals surface area contributed by atoms with Crippen molar-refractivity contribution in [2.45, 2.75) is 4.90 Å². The SMILES string of the molecule is O=[SH](=O)c1cccc(Cl)c1Cl. The zero-order chi connectivity index (χ0) is 8.43. The second-order valence-corrected chi connectivity index (χ2v) is 3.61. The van der Waals surface area contributed by atoms with Crippen LogP contribution < -0.4 is 0 Å². The molecule has 0 aromatic heterocycles. The van der Waals surface area contributed by atoms with E-state index in [-0.39, 0.29) is 14.9 Å². The van der Waals surface area contributed by atoms with Gasteiger partial charge in [-0.25, -0.2) is 8.42 Å². The lowest BCUT2D eigenvalue weighted by Crippen LogP contribution is -1.81. The van der Waals surface area contributed by atoms with Crippen molar-refractivity contribution in [2.24, 2.45) is 0 Å². The third-order valence-corrected chi connectivity index (χ3v) is 2.84. The fourth-order valence-corrected chi connectivity index (χ4v) is 1.70. The van der Waals surface area contributed by atoms with Crippen LogP contribution in [-0.4, -0.2) is 8.42 Å². The minimum absolute atomic E-state index is 0.0640. The molecule has 0 saturated heterocycles. The van der Waals surface area contributed by atoms with Gasteiger partial charge >= 0.3 is 0 Å². The van der Waals surface area contributed by atoms with Crippen LogP contribution in [0.5, 0.6) is 0 Å². The average Bonchev–Trinajstić information content (AvgIpc) is 1.94. The first-order valence-electron chi connectivity index (χ1n) is 2.71. The summed E-state index contributed by atoms with van der Waals surface area (Å²) in [4.78, 5) is 0.0640. The molecule has 0 atom stereocenters. The highest BCUT2D eigenvalue weighted by Gasteiger charge is 2.04. The van der Waals surface area contributed by atoms with Crippen LogP contribution in [0, 0.1) is 0 Å². The molecule has 0 fully saturated rings. The first-order valence-corrected chi connectivity index (χ1v) is 4.64. The van der Waals surface area contributed by atoms with Gasteiger partial charge in [-0.3, -0.25) is 0 Å². The molecule has 0 heterocycles. The van der Waals surface area contributed by atoms with E-state index in [1.165, 1.54) is 18.2 Å². The van der Waals surface area contributed by atoms with Crippen molar-refractivity contribution in [3.05, 3.63) is 28.2 Å². The van der Waals surface area contributed by atoms with Crippen LogP contribution in [0.1, 0.15) is 0 Å². The molecular formula is C6H4Cl2O2S. The quantitative estimate of drug-likeness (QED) is 0.720. The van der Waals surface area contributed by atoms with Crippen LogP contribution in [0.15, 0.2) is 23.1 Å². The largest absolute Gasteiger partial charge is 0.227 e. The van der Waals surface area contributed by atoms with Gasteiger partial charge in [0.05, 0.1) is 14.9 Å². The third-order valence-electron chi connectivity index (χ3n) is 1.13. The summed E-state index contributed by atoms with van der Waals surface area (Å²) in [5.74, 6) is 0. The van der Waals surface area contributed by atoms with Crippen molar-refractivity contribution in [2.75, 3.05) is 0 Å². The minimum Gasteiger partial charge on any atom is -0.227 e. The molecule has 0 aliphatic carbocycles. The lowest BCUT2D eigenvalue weighted by Gasteiger charge is -1.96. The topological polar surface area (TPSA) is 34.1 Å². The van der Waals surface area contributed by atoms with Gasteiger partial charge < -0.3 is 0 Å². The van der Waals surface area contributed by atoms with Gasteiger partial charge in [0.15, 0.2) is 10.7 Å². The molecule has 1 rings (SSSR count). The molecule has 0 amide bonds. The number of rotatable bonds is 1. The summed E-state index contributed by atoms with van der Waals surface area (Å²) in [5, 5.41) is 0.341. The van der Waals surface area contributed by atoms with Crippen molar-refractivity contribution in [1.29, 1.82) is 0 Å². The van der Waals surface area contributed by atoms with E-state index in [1.54, 1.807) is 0 Å². The summed E-state index contributed by atoms with van der Waals surface area (Å²) in [7, 11) is -2.65. The monoisotopic (exact) mass is 210 g/mol. The number of benzene rings is 1. The maximum absolute atomic E-state index is 10.5. The molecule has 2 nitrogen and oxygen atoms in total. The van der Waals surface area contributed by atoms with Crippen molar-refractivity contribution >= 4 is 33.9 Å². The summed E-state index contributed by atoms with van der Waals surface area (Å²) in [6.45, 7) is 0. The number of hydrogen-bond donors (Lipinski definition) is 1. The summed E-state index contributed by atoms with van der Waals surface area (Å²) in [6.07, 6.45) is 0. The molecular weight excluding hydrogens is 207 g/mol. The van der Waals surface area contributed by atoms with Gasteiger partial charge in [-0.2, -0.15) is 0 Å². The van der Waals surface area contributed by atoms with Crippen LogP contribution in [0.4, 0.5) is 0 Å². The first-order chi connectivity index (χ1) is 5.13. The third kappa shape index (κ3) is 1.86. The van der Waals surface area contributed by atoms with Gasteiger partial charge in [0, 0.05) is 0 Å². The minimum atomic E-state index is -2.65. The van der Waals surface area contributed by atoms with Crippen molar-refractivity contribution in [3.63, 3.8) is 0 Å². The highest BCUT2D eigenvalue weighted by molar-refractivity contribution is 7.72. The normalized spacial score (nSPS) is 10.5. The average molecular weight is 211 g/mol. The van der Waals surface area contributed by atoms with Crippen LogP contribution in [0.25, 0.3) is 0 Å². The molecule has 0 aliphatic rings. The highest BCUT2D eigenvalue weighted by atomic mass is 35.5. The predicted molar refractivity (Wildman–Crippen MR) is 45.0 cm³/mol. The van der Waals surface area contributed by atoms with Gasteiger partial charge in [-0.05, 0) is 12.1 Å². The van der Waals surface area contributed by atoms with Crippen LogP contribution in [0.2, 0.25) is 10.0 Å².